The zero-order valence-electron chi connectivity index (χ0n) is 14.8. The monoisotopic (exact) mass is 384 g/mol. The molecule has 3 N–H and O–H groups in total. The lowest BCUT2D eigenvalue weighted by Crippen LogP contribution is -2.61. The minimum absolute atomic E-state index is 0.0788. The van der Waals surface area contributed by atoms with E-state index in [-0.39, 0.29) is 11.9 Å². The summed E-state index contributed by atoms with van der Waals surface area (Å²) in [7, 11) is 2.05. The number of likely N-dealkylation sites (tertiary alicyclic amines) is 2. The Morgan fingerprint density at radius 3 is 2.74 bits per heavy atom. The van der Waals surface area contributed by atoms with E-state index in [4.69, 9.17) is 0 Å². The fourth-order valence-electron chi connectivity index (χ4n) is 4.55. The van der Waals surface area contributed by atoms with Gasteiger partial charge in [0.25, 0.3) is 5.91 Å². The molecule has 0 spiro atoms. The second-order valence-corrected chi connectivity index (χ2v) is 8.43. The molecule has 0 saturated carbocycles. The number of fused-ring (bicyclic) bond motifs is 3. The molecule has 2 fully saturated rings. The van der Waals surface area contributed by atoms with E-state index < -0.39 is 11.5 Å². The summed E-state index contributed by atoms with van der Waals surface area (Å²) in [5.74, 6) is -1.57. The van der Waals surface area contributed by atoms with Crippen LogP contribution in [-0.4, -0.2) is 59.0 Å². The van der Waals surface area contributed by atoms with Gasteiger partial charge >= 0.3 is 5.97 Å². The molecule has 7 nitrogen and oxygen atoms in total. The maximum Gasteiger partial charge on any atom is 0.340 e. The largest absolute Gasteiger partial charge is 0.479 e. The molecule has 1 aromatic carbocycles. The number of hydrogen-bond acceptors (Lipinski definition) is 6. The standard InChI is InChI=1S/C19H20N4O3S/c1-22-9-13-8-12(22)10-23(13)17(24)19(18(25)26)14-7-11(16-3-2-6-27-16)4-5-15(14)20-21-19/h2-7,12-13,20-21H,8-10H2,1H3,(H,25,26)/t12-,13-,19?/m0/s1. The Balaban J connectivity index is 1.57. The number of carbonyl (C=O) groups excluding carboxylic acids is 1. The zero-order chi connectivity index (χ0) is 18.8. The van der Waals surface area contributed by atoms with Gasteiger partial charge in [-0.2, -0.15) is 0 Å². The molecule has 1 amide bonds. The van der Waals surface area contributed by atoms with Crippen LogP contribution in [0.25, 0.3) is 10.4 Å². The molecule has 1 unspecified atom stereocenters. The van der Waals surface area contributed by atoms with E-state index in [0.717, 1.165) is 23.4 Å². The number of carboxylic acids is 1. The second kappa shape index (κ2) is 5.79. The van der Waals surface area contributed by atoms with E-state index in [1.807, 2.05) is 35.7 Å². The molecule has 2 aromatic rings. The number of amides is 1. The molecule has 27 heavy (non-hydrogen) atoms. The van der Waals surface area contributed by atoms with Crippen molar-refractivity contribution in [1.82, 2.24) is 15.2 Å². The summed E-state index contributed by atoms with van der Waals surface area (Å²) >= 11 is 1.58. The van der Waals surface area contributed by atoms with Crippen molar-refractivity contribution < 1.29 is 14.7 Å². The number of aliphatic carboxylic acids is 1. The first-order chi connectivity index (χ1) is 13.0. The van der Waals surface area contributed by atoms with Gasteiger partial charge in [0.1, 0.15) is 0 Å². The van der Waals surface area contributed by atoms with Crippen LogP contribution in [-0.2, 0) is 15.1 Å². The maximum absolute atomic E-state index is 13.5. The quantitative estimate of drug-likeness (QED) is 0.696. The van der Waals surface area contributed by atoms with Crippen LogP contribution in [0.15, 0.2) is 35.7 Å². The van der Waals surface area contributed by atoms with Gasteiger partial charge in [-0.1, -0.05) is 12.1 Å². The van der Waals surface area contributed by atoms with Crippen LogP contribution in [0, 0.1) is 0 Å². The molecule has 4 heterocycles. The van der Waals surface area contributed by atoms with Gasteiger partial charge in [0, 0.05) is 35.6 Å². The lowest BCUT2D eigenvalue weighted by Gasteiger charge is -2.36. The van der Waals surface area contributed by atoms with Crippen molar-refractivity contribution in [3.05, 3.63) is 41.3 Å². The number of carbonyl (C=O) groups is 2. The Morgan fingerprint density at radius 2 is 2.11 bits per heavy atom. The number of rotatable bonds is 3. The minimum atomic E-state index is -1.80. The SMILES string of the molecule is CN1C[C@@H]2C[C@H]1CN2C(=O)C1(C(=O)O)NNc2ccc(-c3cccs3)cc21. The number of nitrogens with zero attached hydrogens (tertiary/aromatic N) is 2. The summed E-state index contributed by atoms with van der Waals surface area (Å²) in [6, 6.07) is 9.93. The molecule has 2 bridgehead atoms. The molecule has 3 atom stereocenters. The highest BCUT2D eigenvalue weighted by atomic mass is 32.1. The van der Waals surface area contributed by atoms with Crippen molar-refractivity contribution in [2.24, 2.45) is 0 Å². The van der Waals surface area contributed by atoms with Crippen molar-refractivity contribution in [1.29, 1.82) is 0 Å². The van der Waals surface area contributed by atoms with Crippen LogP contribution >= 0.6 is 11.3 Å². The second-order valence-electron chi connectivity index (χ2n) is 7.48. The van der Waals surface area contributed by atoms with Crippen LogP contribution in [0.1, 0.15) is 12.0 Å². The molecule has 0 aliphatic carbocycles. The number of carboxylic acid groups (broad SMARTS) is 1. The highest BCUT2D eigenvalue weighted by Crippen LogP contribution is 2.41. The first-order valence-electron chi connectivity index (χ1n) is 8.97. The molecule has 1 aromatic heterocycles. The number of benzene rings is 1. The average Bonchev–Trinajstić information content (AvgIpc) is 3.42. The predicted octanol–water partition coefficient (Wildman–Crippen LogP) is 1.54. The number of hydrogen-bond donors (Lipinski definition) is 3. The number of nitrogens with one attached hydrogen (secondary N) is 2. The third-order valence-corrected chi connectivity index (χ3v) is 6.95. The lowest BCUT2D eigenvalue weighted by atomic mass is 9.87. The van der Waals surface area contributed by atoms with Crippen molar-refractivity contribution in [3.8, 4) is 10.4 Å². The maximum atomic E-state index is 13.5. The van der Waals surface area contributed by atoms with Crippen molar-refractivity contribution in [2.75, 3.05) is 25.6 Å². The van der Waals surface area contributed by atoms with Gasteiger partial charge in [0.05, 0.1) is 5.69 Å². The summed E-state index contributed by atoms with van der Waals surface area (Å²) in [5.41, 5.74) is 5.94. The topological polar surface area (TPSA) is 84.9 Å². The van der Waals surface area contributed by atoms with Gasteiger partial charge in [-0.15, -0.1) is 11.3 Å². The Labute approximate surface area is 160 Å². The fraction of sp³-hybridized carbons (Fsp3) is 0.368. The smallest absolute Gasteiger partial charge is 0.340 e. The number of hydrazine groups is 1. The van der Waals surface area contributed by atoms with Crippen LogP contribution in [0.5, 0.6) is 0 Å². The van der Waals surface area contributed by atoms with Crippen molar-refractivity contribution in [3.63, 3.8) is 0 Å². The van der Waals surface area contributed by atoms with Gasteiger partial charge < -0.3 is 15.4 Å². The van der Waals surface area contributed by atoms with E-state index in [1.54, 1.807) is 16.2 Å². The van der Waals surface area contributed by atoms with Crippen LogP contribution in [0.4, 0.5) is 5.69 Å². The molecule has 2 saturated heterocycles. The van der Waals surface area contributed by atoms with E-state index in [1.165, 1.54) is 0 Å². The number of anilines is 1. The highest BCUT2D eigenvalue weighted by molar-refractivity contribution is 7.13. The third-order valence-electron chi connectivity index (χ3n) is 6.03. The first kappa shape index (κ1) is 16.7. The highest BCUT2D eigenvalue weighted by Gasteiger charge is 2.58. The molecule has 3 aliphatic rings. The van der Waals surface area contributed by atoms with Crippen LogP contribution in [0.2, 0.25) is 0 Å². The Kier molecular flexibility index (Phi) is 3.59. The lowest BCUT2D eigenvalue weighted by molar-refractivity contribution is -0.156. The summed E-state index contributed by atoms with van der Waals surface area (Å²) in [5, 5.41) is 12.1. The molecule has 140 valence electrons. The Bertz CT molecular complexity index is 929. The zero-order valence-corrected chi connectivity index (χ0v) is 15.6. The van der Waals surface area contributed by atoms with Gasteiger partial charge in [0.2, 0.25) is 5.54 Å². The Hall–Kier alpha value is -2.42. The molecular weight excluding hydrogens is 364 g/mol. The van der Waals surface area contributed by atoms with Crippen LogP contribution in [0.3, 0.4) is 0 Å². The van der Waals surface area contributed by atoms with E-state index in [2.05, 4.69) is 22.8 Å². The van der Waals surface area contributed by atoms with E-state index in [9.17, 15) is 14.7 Å². The summed E-state index contributed by atoms with van der Waals surface area (Å²) in [6.07, 6.45) is 0.910. The van der Waals surface area contributed by atoms with Crippen molar-refractivity contribution in [2.45, 2.75) is 24.0 Å². The fourth-order valence-corrected chi connectivity index (χ4v) is 5.27. The molecule has 0 radical (unpaired) electrons. The normalized spacial score (nSPS) is 29.0. The van der Waals surface area contributed by atoms with Gasteiger partial charge in [-0.25, -0.2) is 10.2 Å². The molecule has 5 rings (SSSR count). The van der Waals surface area contributed by atoms with Crippen LogP contribution < -0.4 is 10.9 Å². The van der Waals surface area contributed by atoms with Gasteiger partial charge in [-0.3, -0.25) is 9.69 Å². The van der Waals surface area contributed by atoms with Gasteiger partial charge in [0.15, 0.2) is 0 Å². The van der Waals surface area contributed by atoms with E-state index in [0.29, 0.717) is 23.8 Å². The summed E-state index contributed by atoms with van der Waals surface area (Å²) in [4.78, 5) is 30.9. The van der Waals surface area contributed by atoms with E-state index >= 15 is 0 Å². The predicted molar refractivity (Wildman–Crippen MR) is 102 cm³/mol. The molecular formula is C19H20N4O3S. The number of likely N-dealkylation sites (N-methyl/N-ethyl adjacent to an activating group) is 1. The molecule has 8 heteroatoms. The Morgan fingerprint density at radius 1 is 1.26 bits per heavy atom. The average molecular weight is 384 g/mol. The first-order valence-corrected chi connectivity index (χ1v) is 9.85. The van der Waals surface area contributed by atoms with Gasteiger partial charge in [-0.05, 0) is 42.6 Å². The minimum Gasteiger partial charge on any atom is -0.479 e. The summed E-state index contributed by atoms with van der Waals surface area (Å²) < 4.78 is 0. The van der Waals surface area contributed by atoms with Crippen molar-refractivity contribution >= 4 is 28.9 Å². The molecule has 3 aliphatic heterocycles. The third kappa shape index (κ3) is 2.27. The number of thiophene rings is 1. The summed E-state index contributed by atoms with van der Waals surface area (Å²) in [6.45, 7) is 1.37. The number of piperazine rings is 1.